The minimum Gasteiger partial charge on any atom is -0.342 e. The van der Waals surface area contributed by atoms with Gasteiger partial charge in [0.05, 0.1) is 22.0 Å². The molecule has 2 heterocycles. The molecule has 1 amide bonds. The lowest BCUT2D eigenvalue weighted by atomic mass is 10.1. The van der Waals surface area contributed by atoms with Gasteiger partial charge < -0.3 is 15.6 Å². The van der Waals surface area contributed by atoms with E-state index in [0.717, 1.165) is 42.8 Å². The predicted molar refractivity (Wildman–Crippen MR) is 90.8 cm³/mol. The summed E-state index contributed by atoms with van der Waals surface area (Å²) >= 11 is 1.63. The standard InChI is InChI=1S/C16H22N4OS/c1-11(16-18-13-4-2-3-5-14(13)19-16)22-10-15(21)20-8-6-12(17)7-9-20/h2-5,11-12H,6-10,17H2,1H3,(H,18,19). The lowest BCUT2D eigenvalue weighted by Crippen LogP contribution is -2.43. The van der Waals surface area contributed by atoms with E-state index in [-0.39, 0.29) is 17.2 Å². The van der Waals surface area contributed by atoms with E-state index in [1.165, 1.54) is 0 Å². The number of nitrogens with one attached hydrogen (secondary N) is 1. The Morgan fingerprint density at radius 2 is 2.18 bits per heavy atom. The third kappa shape index (κ3) is 3.44. The fourth-order valence-corrected chi connectivity index (χ4v) is 3.53. The van der Waals surface area contributed by atoms with E-state index in [9.17, 15) is 4.79 Å². The number of nitrogens with zero attached hydrogens (tertiary/aromatic N) is 2. The molecular formula is C16H22N4OS. The summed E-state index contributed by atoms with van der Waals surface area (Å²) in [5, 5.41) is 0.170. The Labute approximate surface area is 134 Å². The second-order valence-electron chi connectivity index (χ2n) is 5.81. The van der Waals surface area contributed by atoms with E-state index in [2.05, 4.69) is 16.9 Å². The molecule has 0 aliphatic carbocycles. The van der Waals surface area contributed by atoms with Crippen LogP contribution in [-0.4, -0.2) is 45.7 Å². The van der Waals surface area contributed by atoms with E-state index in [1.807, 2.05) is 29.2 Å². The summed E-state index contributed by atoms with van der Waals surface area (Å²) in [6.45, 7) is 3.67. The average molecular weight is 318 g/mol. The van der Waals surface area contributed by atoms with E-state index in [4.69, 9.17) is 5.73 Å². The van der Waals surface area contributed by atoms with Crippen molar-refractivity contribution in [3.63, 3.8) is 0 Å². The zero-order valence-corrected chi connectivity index (χ0v) is 13.6. The Balaban J connectivity index is 1.55. The Hall–Kier alpha value is -1.53. The lowest BCUT2D eigenvalue weighted by Gasteiger charge is -2.30. The molecule has 5 nitrogen and oxygen atoms in total. The Bertz CT molecular complexity index is 615. The molecule has 0 radical (unpaired) electrons. The maximum Gasteiger partial charge on any atom is 0.232 e. The van der Waals surface area contributed by atoms with Gasteiger partial charge in [-0.1, -0.05) is 12.1 Å². The highest BCUT2D eigenvalue weighted by molar-refractivity contribution is 8.00. The van der Waals surface area contributed by atoms with Gasteiger partial charge in [0.25, 0.3) is 0 Å². The summed E-state index contributed by atoms with van der Waals surface area (Å²) in [5.74, 6) is 1.63. The van der Waals surface area contributed by atoms with Crippen LogP contribution in [0.4, 0.5) is 0 Å². The second-order valence-corrected chi connectivity index (χ2v) is 7.14. The Morgan fingerprint density at radius 1 is 1.45 bits per heavy atom. The van der Waals surface area contributed by atoms with Crippen LogP contribution in [0.1, 0.15) is 30.8 Å². The van der Waals surface area contributed by atoms with Gasteiger partial charge in [0.2, 0.25) is 5.91 Å². The molecule has 1 aromatic carbocycles. The van der Waals surface area contributed by atoms with Crippen molar-refractivity contribution in [2.24, 2.45) is 5.73 Å². The van der Waals surface area contributed by atoms with E-state index in [1.54, 1.807) is 11.8 Å². The molecule has 1 saturated heterocycles. The van der Waals surface area contributed by atoms with Crippen LogP contribution in [-0.2, 0) is 4.79 Å². The van der Waals surface area contributed by atoms with Crippen LogP contribution in [0.3, 0.4) is 0 Å². The zero-order valence-electron chi connectivity index (χ0n) is 12.8. The monoisotopic (exact) mass is 318 g/mol. The number of hydrogen-bond donors (Lipinski definition) is 2. The number of H-pyrrole nitrogens is 1. The van der Waals surface area contributed by atoms with E-state index in [0.29, 0.717) is 5.75 Å². The molecule has 22 heavy (non-hydrogen) atoms. The van der Waals surface area contributed by atoms with Gasteiger partial charge in [0.15, 0.2) is 0 Å². The van der Waals surface area contributed by atoms with E-state index >= 15 is 0 Å². The predicted octanol–water partition coefficient (Wildman–Crippen LogP) is 2.31. The van der Waals surface area contributed by atoms with Crippen molar-refractivity contribution in [1.29, 1.82) is 0 Å². The summed E-state index contributed by atoms with van der Waals surface area (Å²) in [4.78, 5) is 22.1. The normalized spacial score (nSPS) is 17.8. The molecule has 1 aliphatic rings. The van der Waals surface area contributed by atoms with Gasteiger partial charge in [-0.25, -0.2) is 4.98 Å². The Kier molecular flexibility index (Phi) is 4.69. The first-order valence-electron chi connectivity index (χ1n) is 7.73. The SMILES string of the molecule is CC(SCC(=O)N1CCC(N)CC1)c1nc2ccccc2[nH]1. The number of imidazole rings is 1. The van der Waals surface area contributed by atoms with Crippen LogP contribution in [0.25, 0.3) is 11.0 Å². The molecule has 0 saturated carbocycles. The van der Waals surface area contributed by atoms with Gasteiger partial charge >= 0.3 is 0 Å². The van der Waals surface area contributed by atoms with Gasteiger partial charge in [0, 0.05) is 19.1 Å². The Morgan fingerprint density at radius 3 is 2.91 bits per heavy atom. The largest absolute Gasteiger partial charge is 0.342 e. The highest BCUT2D eigenvalue weighted by Crippen LogP contribution is 2.28. The number of aromatic amines is 1. The third-order valence-corrected chi connectivity index (χ3v) is 5.28. The van der Waals surface area contributed by atoms with E-state index < -0.39 is 0 Å². The molecule has 118 valence electrons. The number of rotatable bonds is 4. The molecule has 1 fully saturated rings. The fourth-order valence-electron chi connectivity index (χ4n) is 2.68. The number of fused-ring (bicyclic) bond motifs is 1. The number of para-hydroxylation sites is 2. The number of amides is 1. The van der Waals surface area contributed by atoms with Gasteiger partial charge in [-0.05, 0) is 31.9 Å². The van der Waals surface area contributed by atoms with Crippen molar-refractivity contribution in [3.05, 3.63) is 30.1 Å². The first-order chi connectivity index (χ1) is 10.6. The molecule has 3 N–H and O–H groups in total. The molecule has 1 aliphatic heterocycles. The number of likely N-dealkylation sites (tertiary alicyclic amines) is 1. The van der Waals surface area contributed by atoms with Crippen LogP contribution < -0.4 is 5.73 Å². The molecule has 3 rings (SSSR count). The number of hydrogen-bond acceptors (Lipinski definition) is 4. The number of piperidine rings is 1. The topological polar surface area (TPSA) is 75.0 Å². The summed E-state index contributed by atoms with van der Waals surface area (Å²) in [6.07, 6.45) is 1.82. The number of carbonyl (C=O) groups is 1. The third-order valence-electron chi connectivity index (χ3n) is 4.14. The molecule has 1 unspecified atom stereocenters. The number of carbonyl (C=O) groups excluding carboxylic acids is 1. The molecule has 2 aromatic rings. The quantitative estimate of drug-likeness (QED) is 0.907. The van der Waals surface area contributed by atoms with Gasteiger partial charge in [-0.3, -0.25) is 4.79 Å². The molecule has 1 aromatic heterocycles. The van der Waals surface area contributed by atoms with Crippen molar-refractivity contribution >= 4 is 28.7 Å². The summed E-state index contributed by atoms with van der Waals surface area (Å²) in [6, 6.07) is 8.24. The molecule has 6 heteroatoms. The highest BCUT2D eigenvalue weighted by atomic mass is 32.2. The maximum atomic E-state index is 12.2. The van der Waals surface area contributed by atoms with Crippen molar-refractivity contribution in [1.82, 2.24) is 14.9 Å². The summed E-state index contributed by atoms with van der Waals surface area (Å²) in [7, 11) is 0. The molecular weight excluding hydrogens is 296 g/mol. The second kappa shape index (κ2) is 6.71. The number of aromatic nitrogens is 2. The minimum atomic E-state index is 0.170. The average Bonchev–Trinajstić information content (AvgIpc) is 2.97. The number of thioether (sulfide) groups is 1. The van der Waals surface area contributed by atoms with Crippen molar-refractivity contribution in [2.75, 3.05) is 18.8 Å². The highest BCUT2D eigenvalue weighted by Gasteiger charge is 2.21. The minimum absolute atomic E-state index is 0.170. The van der Waals surface area contributed by atoms with Gasteiger partial charge in [-0.15, -0.1) is 11.8 Å². The number of nitrogens with two attached hydrogens (primary N) is 1. The fraction of sp³-hybridized carbons (Fsp3) is 0.500. The first kappa shape index (κ1) is 15.4. The number of benzene rings is 1. The first-order valence-corrected chi connectivity index (χ1v) is 8.78. The lowest BCUT2D eigenvalue weighted by molar-refractivity contribution is -0.129. The van der Waals surface area contributed by atoms with Gasteiger partial charge in [-0.2, -0.15) is 0 Å². The molecule has 0 bridgehead atoms. The maximum absolute atomic E-state index is 12.2. The van der Waals surface area contributed by atoms with Crippen LogP contribution in [0.15, 0.2) is 24.3 Å². The molecule has 0 spiro atoms. The molecule has 1 atom stereocenters. The van der Waals surface area contributed by atoms with Crippen molar-refractivity contribution < 1.29 is 4.79 Å². The van der Waals surface area contributed by atoms with Crippen LogP contribution in [0.5, 0.6) is 0 Å². The van der Waals surface area contributed by atoms with Crippen molar-refractivity contribution in [3.8, 4) is 0 Å². The van der Waals surface area contributed by atoms with Crippen LogP contribution >= 0.6 is 11.8 Å². The zero-order chi connectivity index (χ0) is 15.5. The van der Waals surface area contributed by atoms with Crippen LogP contribution in [0, 0.1) is 0 Å². The van der Waals surface area contributed by atoms with Gasteiger partial charge in [0.1, 0.15) is 5.82 Å². The summed E-state index contributed by atoms with van der Waals surface area (Å²) in [5.41, 5.74) is 7.89. The van der Waals surface area contributed by atoms with Crippen molar-refractivity contribution in [2.45, 2.75) is 31.1 Å². The summed E-state index contributed by atoms with van der Waals surface area (Å²) < 4.78 is 0. The smallest absolute Gasteiger partial charge is 0.232 e. The van der Waals surface area contributed by atoms with Crippen LogP contribution in [0.2, 0.25) is 0 Å².